The fourth-order valence-electron chi connectivity index (χ4n) is 2.56. The molecule has 0 radical (unpaired) electrons. The molecular weight excluding hydrogens is 419 g/mol. The molecule has 32 heavy (non-hydrogen) atoms. The predicted octanol–water partition coefficient (Wildman–Crippen LogP) is 3.50. The molecule has 2 rings (SSSR count). The molecule has 0 spiro atoms. The molecule has 1 atom stereocenters. The molecule has 1 unspecified atom stereocenters. The Kier molecular flexibility index (Phi) is 8.46. The molecule has 1 heterocycles. The zero-order valence-electron chi connectivity index (χ0n) is 18.0. The molecule has 170 valence electrons. The van der Waals surface area contributed by atoms with Gasteiger partial charge in [-0.15, -0.1) is 0 Å². The van der Waals surface area contributed by atoms with E-state index >= 15 is 0 Å². The van der Waals surface area contributed by atoms with Gasteiger partial charge in [-0.05, 0) is 44.5 Å². The Hall–Kier alpha value is -3.75. The number of carbonyl (C=O) groups is 3. The summed E-state index contributed by atoms with van der Waals surface area (Å²) >= 11 is 0. The molecule has 1 amide bonds. The number of ether oxygens (including phenoxy) is 2. The van der Waals surface area contributed by atoms with Crippen LogP contribution in [-0.2, 0) is 32.1 Å². The molecule has 0 bridgehead atoms. The van der Waals surface area contributed by atoms with Crippen LogP contribution in [0.15, 0.2) is 48.5 Å². The molecule has 0 aliphatic carbocycles. The maximum absolute atomic E-state index is 13.9. The van der Waals surface area contributed by atoms with Crippen LogP contribution in [0, 0.1) is 5.82 Å². The summed E-state index contributed by atoms with van der Waals surface area (Å²) in [5.41, 5.74) is 0.0106. The number of halogens is 1. The molecule has 0 fully saturated rings. The minimum Gasteiger partial charge on any atom is -0.478 e. The Morgan fingerprint density at radius 3 is 2.47 bits per heavy atom. The number of esters is 1. The molecule has 1 aromatic carbocycles. The number of aromatic nitrogens is 1. The zero-order valence-corrected chi connectivity index (χ0v) is 18.0. The quantitative estimate of drug-likeness (QED) is 0.473. The lowest BCUT2D eigenvalue weighted by molar-refractivity contribution is -0.147. The van der Waals surface area contributed by atoms with Gasteiger partial charge >= 0.3 is 18.0 Å². The van der Waals surface area contributed by atoms with E-state index in [0.717, 1.165) is 23.8 Å². The minimum atomic E-state index is -1.26. The number of nitrogens with zero attached hydrogens (tertiary/aromatic N) is 1. The summed E-state index contributed by atoms with van der Waals surface area (Å²) in [6.07, 6.45) is 0.804. The SMILES string of the molecule is CC(C)(C)OC(=O)NC(Cc1ccc(F)c(C=CC(=O)O)n1)C(=O)OCc1ccccc1. The fourth-order valence-corrected chi connectivity index (χ4v) is 2.56. The van der Waals surface area contributed by atoms with E-state index in [1.54, 1.807) is 45.0 Å². The standard InChI is InChI=1S/C23H25FN2O6/c1-23(2,3)32-22(30)26-19(21(29)31-14-15-7-5-4-6-8-15)13-16-9-10-17(24)18(25-16)11-12-20(27)28/h4-12,19H,13-14H2,1-3H3,(H,26,30)(H,27,28). The number of nitrogens with one attached hydrogen (secondary N) is 1. The highest BCUT2D eigenvalue weighted by Gasteiger charge is 2.26. The first kappa shape index (κ1) is 24.5. The highest BCUT2D eigenvalue weighted by Crippen LogP contribution is 2.12. The van der Waals surface area contributed by atoms with Crippen molar-refractivity contribution in [2.75, 3.05) is 0 Å². The van der Waals surface area contributed by atoms with Crippen molar-refractivity contribution in [1.82, 2.24) is 10.3 Å². The van der Waals surface area contributed by atoms with Crippen molar-refractivity contribution in [2.45, 2.75) is 45.4 Å². The molecular formula is C23H25FN2O6. The van der Waals surface area contributed by atoms with E-state index in [9.17, 15) is 18.8 Å². The summed E-state index contributed by atoms with van der Waals surface area (Å²) in [7, 11) is 0. The third-order valence-corrected chi connectivity index (χ3v) is 3.93. The zero-order chi connectivity index (χ0) is 23.7. The summed E-state index contributed by atoms with van der Waals surface area (Å²) in [6, 6.07) is 10.3. The molecule has 0 aliphatic rings. The number of carbonyl (C=O) groups excluding carboxylic acids is 2. The number of hydrogen-bond donors (Lipinski definition) is 2. The van der Waals surface area contributed by atoms with Gasteiger partial charge in [-0.25, -0.2) is 18.8 Å². The van der Waals surface area contributed by atoms with Gasteiger partial charge in [0.05, 0.1) is 5.69 Å². The summed E-state index contributed by atoms with van der Waals surface area (Å²) < 4.78 is 24.5. The predicted molar refractivity (Wildman–Crippen MR) is 114 cm³/mol. The summed E-state index contributed by atoms with van der Waals surface area (Å²) in [5.74, 6) is -2.71. The van der Waals surface area contributed by atoms with Crippen LogP contribution in [0.1, 0.15) is 37.7 Å². The van der Waals surface area contributed by atoms with Crippen LogP contribution in [-0.4, -0.2) is 39.8 Å². The number of amides is 1. The number of hydrogen-bond acceptors (Lipinski definition) is 6. The molecule has 2 aromatic rings. The van der Waals surface area contributed by atoms with Gasteiger partial charge in [0.2, 0.25) is 0 Å². The summed E-state index contributed by atoms with van der Waals surface area (Å²) in [4.78, 5) is 39.7. The maximum Gasteiger partial charge on any atom is 0.408 e. The first-order valence-corrected chi connectivity index (χ1v) is 9.80. The van der Waals surface area contributed by atoms with Crippen LogP contribution in [0.4, 0.5) is 9.18 Å². The third kappa shape index (κ3) is 8.55. The van der Waals surface area contributed by atoms with E-state index in [2.05, 4.69) is 10.3 Å². The monoisotopic (exact) mass is 444 g/mol. The highest BCUT2D eigenvalue weighted by molar-refractivity contribution is 5.85. The average molecular weight is 444 g/mol. The van der Waals surface area contributed by atoms with Crippen LogP contribution < -0.4 is 5.32 Å². The van der Waals surface area contributed by atoms with E-state index in [1.807, 2.05) is 6.07 Å². The summed E-state index contributed by atoms with van der Waals surface area (Å²) in [5, 5.41) is 11.2. The molecule has 2 N–H and O–H groups in total. The molecule has 9 heteroatoms. The van der Waals surface area contributed by atoms with Gasteiger partial charge in [-0.2, -0.15) is 0 Å². The van der Waals surface area contributed by atoms with Crippen LogP contribution in [0.2, 0.25) is 0 Å². The lowest BCUT2D eigenvalue weighted by Crippen LogP contribution is -2.45. The highest BCUT2D eigenvalue weighted by atomic mass is 19.1. The smallest absolute Gasteiger partial charge is 0.408 e. The molecule has 1 aromatic heterocycles. The lowest BCUT2D eigenvalue weighted by atomic mass is 10.1. The number of carboxylic acid groups (broad SMARTS) is 1. The number of aliphatic carboxylic acids is 1. The Bertz CT molecular complexity index is 986. The second-order valence-electron chi connectivity index (χ2n) is 7.84. The van der Waals surface area contributed by atoms with E-state index in [4.69, 9.17) is 14.6 Å². The van der Waals surface area contributed by atoms with Gasteiger partial charge in [0.15, 0.2) is 0 Å². The van der Waals surface area contributed by atoms with Gasteiger partial charge in [-0.1, -0.05) is 30.3 Å². The first-order chi connectivity index (χ1) is 15.0. The van der Waals surface area contributed by atoms with Crippen molar-refractivity contribution < 1.29 is 33.4 Å². The summed E-state index contributed by atoms with van der Waals surface area (Å²) in [6.45, 7) is 5.03. The van der Waals surface area contributed by atoms with Crippen molar-refractivity contribution in [2.24, 2.45) is 0 Å². The first-order valence-electron chi connectivity index (χ1n) is 9.80. The number of carboxylic acids is 1. The van der Waals surface area contributed by atoms with Crippen molar-refractivity contribution in [3.05, 3.63) is 71.3 Å². The number of pyridine rings is 1. The molecule has 8 nitrogen and oxygen atoms in total. The molecule has 0 aliphatic heterocycles. The largest absolute Gasteiger partial charge is 0.478 e. The Balaban J connectivity index is 2.19. The van der Waals surface area contributed by atoms with E-state index in [0.29, 0.717) is 0 Å². The topological polar surface area (TPSA) is 115 Å². The van der Waals surface area contributed by atoms with Crippen LogP contribution in [0.3, 0.4) is 0 Å². The van der Waals surface area contributed by atoms with Gasteiger partial charge in [-0.3, -0.25) is 4.98 Å². The average Bonchev–Trinajstić information content (AvgIpc) is 2.71. The normalized spacial score (nSPS) is 12.2. The Morgan fingerprint density at radius 2 is 1.84 bits per heavy atom. The molecule has 0 saturated heterocycles. The fraction of sp³-hybridized carbons (Fsp3) is 0.304. The van der Waals surface area contributed by atoms with Gasteiger partial charge in [0, 0.05) is 18.2 Å². The van der Waals surface area contributed by atoms with Crippen LogP contribution in [0.25, 0.3) is 6.08 Å². The lowest BCUT2D eigenvalue weighted by Gasteiger charge is -2.23. The Labute approximate surface area is 185 Å². The van der Waals surface area contributed by atoms with Crippen LogP contribution in [0.5, 0.6) is 0 Å². The van der Waals surface area contributed by atoms with E-state index in [1.165, 1.54) is 6.07 Å². The second-order valence-corrected chi connectivity index (χ2v) is 7.84. The van der Waals surface area contributed by atoms with Crippen molar-refractivity contribution in [1.29, 1.82) is 0 Å². The van der Waals surface area contributed by atoms with Crippen LogP contribution >= 0.6 is 0 Å². The number of benzene rings is 1. The van der Waals surface area contributed by atoms with Crippen molar-refractivity contribution in [3.8, 4) is 0 Å². The maximum atomic E-state index is 13.9. The van der Waals surface area contributed by atoms with Crippen molar-refractivity contribution >= 4 is 24.1 Å². The van der Waals surface area contributed by atoms with E-state index < -0.39 is 35.5 Å². The minimum absolute atomic E-state index is 0.00435. The second kappa shape index (κ2) is 11.0. The number of rotatable bonds is 8. The van der Waals surface area contributed by atoms with Gasteiger partial charge < -0.3 is 19.9 Å². The number of alkyl carbamates (subject to hydrolysis) is 1. The Morgan fingerprint density at radius 1 is 1.16 bits per heavy atom. The third-order valence-electron chi connectivity index (χ3n) is 3.93. The van der Waals surface area contributed by atoms with Gasteiger partial charge in [0.1, 0.15) is 24.1 Å². The van der Waals surface area contributed by atoms with Crippen molar-refractivity contribution in [3.63, 3.8) is 0 Å². The van der Waals surface area contributed by atoms with E-state index in [-0.39, 0.29) is 24.4 Å². The molecule has 0 saturated carbocycles. The van der Waals surface area contributed by atoms with Gasteiger partial charge in [0.25, 0.3) is 0 Å².